The smallest absolute Gasteiger partial charge is 0.231 e. The SMILES string of the molecule is CC(C)(C)N1C(=O)C2(CCCCC2)C1Cc1ccccc1. The van der Waals surface area contributed by atoms with Crippen molar-refractivity contribution in [1.82, 2.24) is 4.90 Å². The van der Waals surface area contributed by atoms with E-state index in [-0.39, 0.29) is 11.0 Å². The molecule has 1 aliphatic heterocycles. The molecule has 1 aromatic carbocycles. The largest absolute Gasteiger partial charge is 0.333 e. The topological polar surface area (TPSA) is 20.3 Å². The van der Waals surface area contributed by atoms with E-state index < -0.39 is 0 Å². The third-order valence-corrected chi connectivity index (χ3v) is 5.33. The van der Waals surface area contributed by atoms with E-state index in [9.17, 15) is 4.79 Å². The normalized spacial score (nSPS) is 25.0. The van der Waals surface area contributed by atoms with E-state index in [1.807, 2.05) is 0 Å². The Morgan fingerprint density at radius 3 is 2.29 bits per heavy atom. The predicted octanol–water partition coefficient (Wildman–Crippen LogP) is 4.19. The summed E-state index contributed by atoms with van der Waals surface area (Å²) in [4.78, 5) is 15.1. The fourth-order valence-corrected chi connectivity index (χ4v) is 4.33. The first kappa shape index (κ1) is 14.6. The van der Waals surface area contributed by atoms with Gasteiger partial charge in [-0.25, -0.2) is 0 Å². The zero-order valence-electron chi connectivity index (χ0n) is 13.6. The van der Waals surface area contributed by atoms with Gasteiger partial charge in [0.1, 0.15) is 0 Å². The van der Waals surface area contributed by atoms with Gasteiger partial charge in [0.15, 0.2) is 0 Å². The highest BCUT2D eigenvalue weighted by molar-refractivity contribution is 5.91. The van der Waals surface area contributed by atoms with Crippen molar-refractivity contribution in [1.29, 1.82) is 0 Å². The van der Waals surface area contributed by atoms with Gasteiger partial charge >= 0.3 is 0 Å². The zero-order chi connectivity index (χ0) is 15.1. The fourth-order valence-electron chi connectivity index (χ4n) is 4.33. The average Bonchev–Trinajstić information content (AvgIpc) is 2.47. The van der Waals surface area contributed by atoms with Gasteiger partial charge in [0.25, 0.3) is 0 Å². The van der Waals surface area contributed by atoms with E-state index in [0.29, 0.717) is 11.9 Å². The third-order valence-electron chi connectivity index (χ3n) is 5.33. The number of β-lactam (4-membered cyclic amide) rings is 1. The van der Waals surface area contributed by atoms with E-state index in [1.165, 1.54) is 24.8 Å². The van der Waals surface area contributed by atoms with Crippen LogP contribution in [0, 0.1) is 5.41 Å². The van der Waals surface area contributed by atoms with Gasteiger partial charge in [-0.2, -0.15) is 0 Å². The first-order valence-corrected chi connectivity index (χ1v) is 8.33. The Morgan fingerprint density at radius 2 is 1.71 bits per heavy atom. The molecule has 1 heterocycles. The van der Waals surface area contributed by atoms with Gasteiger partial charge in [-0.3, -0.25) is 4.79 Å². The second-order valence-electron chi connectivity index (χ2n) is 7.77. The molecular weight excluding hydrogens is 258 g/mol. The van der Waals surface area contributed by atoms with E-state index in [2.05, 4.69) is 56.0 Å². The summed E-state index contributed by atoms with van der Waals surface area (Å²) < 4.78 is 0. The van der Waals surface area contributed by atoms with E-state index in [0.717, 1.165) is 19.3 Å². The number of carbonyl (C=O) groups is 1. The van der Waals surface area contributed by atoms with Crippen LogP contribution in [0.4, 0.5) is 0 Å². The molecule has 0 N–H and O–H groups in total. The highest BCUT2D eigenvalue weighted by atomic mass is 16.2. The molecule has 1 aromatic rings. The van der Waals surface area contributed by atoms with Crippen LogP contribution in [0.1, 0.15) is 58.4 Å². The van der Waals surface area contributed by atoms with Gasteiger partial charge in [0.05, 0.1) is 11.5 Å². The number of carbonyl (C=O) groups excluding carboxylic acids is 1. The van der Waals surface area contributed by atoms with Gasteiger partial charge in [-0.15, -0.1) is 0 Å². The van der Waals surface area contributed by atoms with Gasteiger partial charge in [0, 0.05) is 5.54 Å². The molecule has 114 valence electrons. The summed E-state index contributed by atoms with van der Waals surface area (Å²) in [5.74, 6) is 0.413. The van der Waals surface area contributed by atoms with Crippen molar-refractivity contribution < 1.29 is 4.79 Å². The number of hydrogen-bond acceptors (Lipinski definition) is 1. The van der Waals surface area contributed by atoms with Crippen molar-refractivity contribution in [3.05, 3.63) is 35.9 Å². The maximum absolute atomic E-state index is 12.9. The molecule has 2 nitrogen and oxygen atoms in total. The van der Waals surface area contributed by atoms with Gasteiger partial charge in [0.2, 0.25) is 5.91 Å². The summed E-state index contributed by atoms with van der Waals surface area (Å²) in [6, 6.07) is 11.0. The molecule has 1 atom stereocenters. The molecule has 1 spiro atoms. The highest BCUT2D eigenvalue weighted by Gasteiger charge is 2.62. The van der Waals surface area contributed by atoms with Crippen molar-refractivity contribution in [2.45, 2.75) is 70.9 Å². The number of nitrogens with zero attached hydrogens (tertiary/aromatic N) is 1. The Kier molecular flexibility index (Phi) is 3.59. The summed E-state index contributed by atoms with van der Waals surface area (Å²) in [6.07, 6.45) is 6.92. The quantitative estimate of drug-likeness (QED) is 0.746. The van der Waals surface area contributed by atoms with Crippen LogP contribution in [0.5, 0.6) is 0 Å². The number of hydrogen-bond donors (Lipinski definition) is 0. The minimum atomic E-state index is -0.0702. The van der Waals surface area contributed by atoms with E-state index in [4.69, 9.17) is 0 Å². The minimum absolute atomic E-state index is 0.0542. The van der Waals surface area contributed by atoms with Gasteiger partial charge in [-0.05, 0) is 45.6 Å². The molecule has 1 saturated heterocycles. The van der Waals surface area contributed by atoms with Crippen LogP contribution in [0.2, 0.25) is 0 Å². The Morgan fingerprint density at radius 1 is 1.10 bits per heavy atom. The number of likely N-dealkylation sites (tertiary alicyclic amines) is 1. The Labute approximate surface area is 128 Å². The predicted molar refractivity (Wildman–Crippen MR) is 86.1 cm³/mol. The maximum atomic E-state index is 12.9. The van der Waals surface area contributed by atoms with Crippen LogP contribution >= 0.6 is 0 Å². The fraction of sp³-hybridized carbons (Fsp3) is 0.632. The van der Waals surface area contributed by atoms with Crippen LogP contribution in [0.3, 0.4) is 0 Å². The number of amides is 1. The molecule has 2 fully saturated rings. The first-order valence-electron chi connectivity index (χ1n) is 8.33. The van der Waals surface area contributed by atoms with Crippen molar-refractivity contribution in [3.63, 3.8) is 0 Å². The molecule has 0 bridgehead atoms. The van der Waals surface area contributed by atoms with Gasteiger partial charge < -0.3 is 4.90 Å². The summed E-state index contributed by atoms with van der Waals surface area (Å²) >= 11 is 0. The van der Waals surface area contributed by atoms with Crippen molar-refractivity contribution in [2.24, 2.45) is 5.41 Å². The van der Waals surface area contributed by atoms with Crippen molar-refractivity contribution >= 4 is 5.91 Å². The molecule has 1 saturated carbocycles. The minimum Gasteiger partial charge on any atom is -0.333 e. The molecule has 3 rings (SSSR count). The molecule has 2 aliphatic rings. The van der Waals surface area contributed by atoms with Gasteiger partial charge in [-0.1, -0.05) is 49.6 Å². The van der Waals surface area contributed by atoms with Crippen LogP contribution < -0.4 is 0 Å². The van der Waals surface area contributed by atoms with Crippen LogP contribution in [-0.2, 0) is 11.2 Å². The second kappa shape index (κ2) is 5.15. The lowest BCUT2D eigenvalue weighted by atomic mass is 9.59. The lowest BCUT2D eigenvalue weighted by molar-refractivity contribution is -0.189. The molecule has 0 aromatic heterocycles. The number of benzene rings is 1. The zero-order valence-corrected chi connectivity index (χ0v) is 13.6. The maximum Gasteiger partial charge on any atom is 0.231 e. The van der Waals surface area contributed by atoms with Crippen LogP contribution in [-0.4, -0.2) is 22.4 Å². The van der Waals surface area contributed by atoms with E-state index >= 15 is 0 Å². The Hall–Kier alpha value is -1.31. The molecule has 0 radical (unpaired) electrons. The molecule has 2 heteroatoms. The molecule has 1 unspecified atom stereocenters. The summed E-state index contributed by atoms with van der Waals surface area (Å²) in [5.41, 5.74) is 1.23. The van der Waals surface area contributed by atoms with Crippen LogP contribution in [0.25, 0.3) is 0 Å². The van der Waals surface area contributed by atoms with Crippen LogP contribution in [0.15, 0.2) is 30.3 Å². The Bertz CT molecular complexity index is 508. The van der Waals surface area contributed by atoms with Crippen molar-refractivity contribution in [2.75, 3.05) is 0 Å². The third kappa shape index (κ3) is 2.39. The summed E-state index contributed by atoms with van der Waals surface area (Å²) in [6.45, 7) is 6.50. The molecule has 1 amide bonds. The van der Waals surface area contributed by atoms with Crippen molar-refractivity contribution in [3.8, 4) is 0 Å². The lowest BCUT2D eigenvalue weighted by Crippen LogP contribution is -2.74. The average molecular weight is 285 g/mol. The lowest BCUT2D eigenvalue weighted by Gasteiger charge is -2.62. The second-order valence-corrected chi connectivity index (χ2v) is 7.77. The Balaban J connectivity index is 1.89. The number of rotatable bonds is 2. The monoisotopic (exact) mass is 285 g/mol. The standard InChI is InChI=1S/C19H27NO/c1-18(2,3)20-16(14-15-10-6-4-7-11-15)19(17(20)21)12-8-5-9-13-19/h4,6-7,10-11,16H,5,8-9,12-14H2,1-3H3. The highest BCUT2D eigenvalue weighted by Crippen LogP contribution is 2.53. The first-order chi connectivity index (χ1) is 9.95. The molecular formula is C19H27NO. The molecule has 1 aliphatic carbocycles. The summed E-state index contributed by atoms with van der Waals surface area (Å²) in [5, 5.41) is 0. The van der Waals surface area contributed by atoms with E-state index in [1.54, 1.807) is 0 Å². The molecule has 21 heavy (non-hydrogen) atoms. The summed E-state index contributed by atoms with van der Waals surface area (Å²) in [7, 11) is 0.